The fourth-order valence-corrected chi connectivity index (χ4v) is 2.88. The van der Waals surface area contributed by atoms with Gasteiger partial charge >= 0.3 is 0 Å². The van der Waals surface area contributed by atoms with E-state index in [1.165, 1.54) is 12.8 Å². The maximum Gasteiger partial charge on any atom is 0.263 e. The highest BCUT2D eigenvalue weighted by Crippen LogP contribution is 2.23. The standard InChI is InChI=1S/C20H25N3O2/c1-15-3-6-18(7-4-15)25-14-20(24)22-19-8-5-17(13-21-19)23-11-9-16(2)10-12-23/h3-8,13,16H,9-12,14H2,1-2H3,(H,21,22,24). The molecule has 1 aliphatic heterocycles. The minimum Gasteiger partial charge on any atom is -0.484 e. The summed E-state index contributed by atoms with van der Waals surface area (Å²) in [7, 11) is 0. The summed E-state index contributed by atoms with van der Waals surface area (Å²) < 4.78 is 5.48. The number of anilines is 2. The second kappa shape index (κ2) is 8.01. The molecule has 0 aliphatic carbocycles. The van der Waals surface area contributed by atoms with Crippen molar-refractivity contribution in [2.45, 2.75) is 26.7 Å². The van der Waals surface area contributed by atoms with Crippen LogP contribution in [0.2, 0.25) is 0 Å². The molecule has 2 aromatic rings. The molecule has 1 N–H and O–H groups in total. The lowest BCUT2D eigenvalue weighted by atomic mass is 9.99. The molecule has 5 heteroatoms. The SMILES string of the molecule is Cc1ccc(OCC(=O)Nc2ccc(N3CCC(C)CC3)cn2)cc1. The van der Waals surface area contributed by atoms with E-state index >= 15 is 0 Å². The third-order valence-electron chi connectivity index (χ3n) is 4.56. The summed E-state index contributed by atoms with van der Waals surface area (Å²) in [5.41, 5.74) is 2.27. The zero-order valence-electron chi connectivity index (χ0n) is 14.9. The zero-order chi connectivity index (χ0) is 17.6. The van der Waals surface area contributed by atoms with Gasteiger partial charge in [0.05, 0.1) is 11.9 Å². The highest BCUT2D eigenvalue weighted by atomic mass is 16.5. The van der Waals surface area contributed by atoms with Gasteiger partial charge in [-0.15, -0.1) is 0 Å². The minimum absolute atomic E-state index is 0.0312. The summed E-state index contributed by atoms with van der Waals surface area (Å²) in [5, 5.41) is 2.77. The second-order valence-electron chi connectivity index (χ2n) is 6.72. The van der Waals surface area contributed by atoms with Crippen molar-refractivity contribution in [2.75, 3.05) is 29.9 Å². The number of pyridine rings is 1. The molecule has 3 rings (SSSR count). The molecule has 0 spiro atoms. The van der Waals surface area contributed by atoms with Gasteiger partial charge in [0.25, 0.3) is 5.91 Å². The van der Waals surface area contributed by atoms with Crippen LogP contribution in [0.5, 0.6) is 5.75 Å². The van der Waals surface area contributed by atoms with Gasteiger partial charge in [-0.2, -0.15) is 0 Å². The number of rotatable bonds is 5. The van der Waals surface area contributed by atoms with Crippen LogP contribution in [-0.2, 0) is 4.79 Å². The Hall–Kier alpha value is -2.56. The van der Waals surface area contributed by atoms with E-state index in [0.29, 0.717) is 11.6 Å². The van der Waals surface area contributed by atoms with E-state index in [4.69, 9.17) is 4.74 Å². The van der Waals surface area contributed by atoms with Crippen LogP contribution in [0, 0.1) is 12.8 Å². The number of benzene rings is 1. The van der Waals surface area contributed by atoms with E-state index in [1.807, 2.05) is 49.5 Å². The Kier molecular flexibility index (Phi) is 5.53. The molecule has 1 fully saturated rings. The van der Waals surface area contributed by atoms with Crippen molar-refractivity contribution in [3.05, 3.63) is 48.2 Å². The van der Waals surface area contributed by atoms with Crippen molar-refractivity contribution in [3.63, 3.8) is 0 Å². The number of nitrogens with zero attached hydrogens (tertiary/aromatic N) is 2. The lowest BCUT2D eigenvalue weighted by Crippen LogP contribution is -2.32. The lowest BCUT2D eigenvalue weighted by Gasteiger charge is -2.31. The van der Waals surface area contributed by atoms with Crippen LogP contribution >= 0.6 is 0 Å². The van der Waals surface area contributed by atoms with Crippen LogP contribution in [0.15, 0.2) is 42.6 Å². The molecule has 1 aromatic heterocycles. The number of aryl methyl sites for hydroxylation is 1. The summed E-state index contributed by atoms with van der Waals surface area (Å²) in [4.78, 5) is 18.7. The van der Waals surface area contributed by atoms with E-state index in [1.54, 1.807) is 0 Å². The number of ether oxygens (including phenoxy) is 1. The van der Waals surface area contributed by atoms with E-state index < -0.39 is 0 Å². The first-order valence-electron chi connectivity index (χ1n) is 8.80. The first-order chi connectivity index (χ1) is 12.1. The van der Waals surface area contributed by atoms with E-state index in [-0.39, 0.29) is 12.5 Å². The molecule has 2 heterocycles. The second-order valence-corrected chi connectivity index (χ2v) is 6.72. The number of carbonyl (C=O) groups is 1. The third-order valence-corrected chi connectivity index (χ3v) is 4.56. The molecule has 0 unspecified atom stereocenters. The largest absolute Gasteiger partial charge is 0.484 e. The smallest absolute Gasteiger partial charge is 0.263 e. The van der Waals surface area contributed by atoms with Crippen molar-refractivity contribution in [1.82, 2.24) is 4.98 Å². The number of amides is 1. The summed E-state index contributed by atoms with van der Waals surface area (Å²) >= 11 is 0. The Bertz CT molecular complexity index is 690. The van der Waals surface area contributed by atoms with Gasteiger partial charge in [0.2, 0.25) is 0 Å². The van der Waals surface area contributed by atoms with Crippen molar-refractivity contribution in [1.29, 1.82) is 0 Å². The number of aromatic nitrogens is 1. The van der Waals surface area contributed by atoms with Crippen LogP contribution < -0.4 is 15.0 Å². The molecule has 1 aliphatic rings. The molecule has 0 bridgehead atoms. The Balaban J connectivity index is 1.49. The first kappa shape index (κ1) is 17.3. The third kappa shape index (κ3) is 4.95. The average Bonchev–Trinajstić information content (AvgIpc) is 2.63. The molecule has 5 nitrogen and oxygen atoms in total. The molecule has 132 valence electrons. The Morgan fingerprint density at radius 2 is 1.92 bits per heavy atom. The Morgan fingerprint density at radius 3 is 2.56 bits per heavy atom. The molecule has 0 saturated carbocycles. The fraction of sp³-hybridized carbons (Fsp3) is 0.400. The molecule has 1 amide bonds. The summed E-state index contributed by atoms with van der Waals surface area (Å²) in [5.74, 6) is 1.82. The highest BCUT2D eigenvalue weighted by Gasteiger charge is 2.16. The molecule has 1 aromatic carbocycles. The van der Waals surface area contributed by atoms with Gasteiger partial charge in [0.1, 0.15) is 11.6 Å². The van der Waals surface area contributed by atoms with Gasteiger partial charge < -0.3 is 15.0 Å². The van der Waals surface area contributed by atoms with Gasteiger partial charge in [-0.05, 0) is 49.9 Å². The fourth-order valence-electron chi connectivity index (χ4n) is 2.88. The Morgan fingerprint density at radius 1 is 1.20 bits per heavy atom. The molecule has 1 saturated heterocycles. The molecular weight excluding hydrogens is 314 g/mol. The topological polar surface area (TPSA) is 54.5 Å². The predicted molar refractivity (Wildman–Crippen MR) is 100 cm³/mol. The molecular formula is C20H25N3O2. The summed E-state index contributed by atoms with van der Waals surface area (Å²) in [6, 6.07) is 11.5. The minimum atomic E-state index is -0.215. The maximum absolute atomic E-state index is 12.0. The van der Waals surface area contributed by atoms with E-state index in [0.717, 1.165) is 30.3 Å². The van der Waals surface area contributed by atoms with Crippen molar-refractivity contribution in [2.24, 2.45) is 5.92 Å². The predicted octanol–water partition coefficient (Wildman–Crippen LogP) is 3.64. The van der Waals surface area contributed by atoms with Crippen LogP contribution in [0.4, 0.5) is 11.5 Å². The van der Waals surface area contributed by atoms with Crippen LogP contribution in [0.1, 0.15) is 25.3 Å². The van der Waals surface area contributed by atoms with Gasteiger partial charge in [-0.25, -0.2) is 4.98 Å². The normalized spacial score (nSPS) is 15.0. The van der Waals surface area contributed by atoms with Crippen molar-refractivity contribution in [3.8, 4) is 5.75 Å². The summed E-state index contributed by atoms with van der Waals surface area (Å²) in [6.07, 6.45) is 4.26. The van der Waals surface area contributed by atoms with E-state index in [9.17, 15) is 4.79 Å². The van der Waals surface area contributed by atoms with Gasteiger partial charge in [-0.3, -0.25) is 4.79 Å². The number of nitrogens with one attached hydrogen (secondary N) is 1. The lowest BCUT2D eigenvalue weighted by molar-refractivity contribution is -0.118. The zero-order valence-corrected chi connectivity index (χ0v) is 14.9. The van der Waals surface area contributed by atoms with Crippen molar-refractivity contribution >= 4 is 17.4 Å². The van der Waals surface area contributed by atoms with Crippen molar-refractivity contribution < 1.29 is 9.53 Å². The van der Waals surface area contributed by atoms with Crippen LogP contribution in [0.3, 0.4) is 0 Å². The Labute approximate surface area is 149 Å². The van der Waals surface area contributed by atoms with E-state index in [2.05, 4.69) is 22.1 Å². The number of piperidine rings is 1. The molecule has 25 heavy (non-hydrogen) atoms. The maximum atomic E-state index is 12.0. The quantitative estimate of drug-likeness (QED) is 0.903. The average molecular weight is 339 g/mol. The monoisotopic (exact) mass is 339 g/mol. The number of hydrogen-bond donors (Lipinski definition) is 1. The number of hydrogen-bond acceptors (Lipinski definition) is 4. The summed E-state index contributed by atoms with van der Waals surface area (Å²) in [6.45, 7) is 6.41. The number of carbonyl (C=O) groups excluding carboxylic acids is 1. The highest BCUT2D eigenvalue weighted by molar-refractivity contribution is 5.91. The molecule has 0 radical (unpaired) electrons. The first-order valence-corrected chi connectivity index (χ1v) is 8.80. The van der Waals surface area contributed by atoms with Crippen LogP contribution in [0.25, 0.3) is 0 Å². The van der Waals surface area contributed by atoms with Gasteiger partial charge in [0.15, 0.2) is 6.61 Å². The van der Waals surface area contributed by atoms with Crippen LogP contribution in [-0.4, -0.2) is 30.6 Å². The van der Waals surface area contributed by atoms with Gasteiger partial charge in [0, 0.05) is 13.1 Å². The van der Waals surface area contributed by atoms with Gasteiger partial charge in [-0.1, -0.05) is 24.6 Å². The molecule has 0 atom stereocenters.